The molecule has 0 spiro atoms. The van der Waals surface area contributed by atoms with Crippen LogP contribution in [0.1, 0.15) is 52.4 Å². The molecule has 0 radical (unpaired) electrons. The van der Waals surface area contributed by atoms with E-state index in [0.717, 1.165) is 24.9 Å². The van der Waals surface area contributed by atoms with Crippen molar-refractivity contribution in [1.82, 2.24) is 4.90 Å². The van der Waals surface area contributed by atoms with Gasteiger partial charge in [-0.1, -0.05) is 6.42 Å². The first-order valence-corrected chi connectivity index (χ1v) is 5.88. The van der Waals surface area contributed by atoms with Gasteiger partial charge in [-0.2, -0.15) is 5.26 Å². The van der Waals surface area contributed by atoms with E-state index in [1.807, 2.05) is 0 Å². The lowest BCUT2D eigenvalue weighted by atomic mass is 9.97. The van der Waals surface area contributed by atoms with E-state index < -0.39 is 0 Å². The van der Waals surface area contributed by atoms with Gasteiger partial charge >= 0.3 is 0 Å². The van der Waals surface area contributed by atoms with Gasteiger partial charge in [-0.05, 0) is 46.1 Å². The molecule has 2 nitrogen and oxygen atoms in total. The quantitative estimate of drug-likeness (QED) is 0.643. The fourth-order valence-corrected chi connectivity index (χ4v) is 2.41. The van der Waals surface area contributed by atoms with Gasteiger partial charge in [0.05, 0.1) is 6.07 Å². The molecule has 2 atom stereocenters. The maximum Gasteiger partial charge on any atom is 0.0621 e. The Morgan fingerprint density at radius 2 is 1.86 bits per heavy atom. The molecular formula is C12H22N2. The Bertz CT molecular complexity index is 185. The van der Waals surface area contributed by atoms with Gasteiger partial charge in [0.25, 0.3) is 0 Å². The summed E-state index contributed by atoms with van der Waals surface area (Å²) >= 11 is 0. The Balaban J connectivity index is 2.23. The van der Waals surface area contributed by atoms with Crippen LogP contribution in [0.5, 0.6) is 0 Å². The minimum atomic E-state index is 0.719. The van der Waals surface area contributed by atoms with E-state index in [1.54, 1.807) is 0 Å². The summed E-state index contributed by atoms with van der Waals surface area (Å²) in [7, 11) is 0. The molecule has 1 rings (SSSR count). The van der Waals surface area contributed by atoms with E-state index in [2.05, 4.69) is 24.8 Å². The van der Waals surface area contributed by atoms with Gasteiger partial charge in [-0.25, -0.2) is 0 Å². The lowest BCUT2D eigenvalue weighted by molar-refractivity contribution is 0.102. The average Bonchev–Trinajstić information content (AvgIpc) is 2.16. The topological polar surface area (TPSA) is 27.0 Å². The first kappa shape index (κ1) is 11.5. The van der Waals surface area contributed by atoms with Crippen molar-refractivity contribution in [2.45, 2.75) is 64.5 Å². The molecule has 1 aliphatic rings. The van der Waals surface area contributed by atoms with Crippen molar-refractivity contribution in [1.29, 1.82) is 5.26 Å². The summed E-state index contributed by atoms with van der Waals surface area (Å²) < 4.78 is 0. The lowest BCUT2D eigenvalue weighted by Crippen LogP contribution is -2.44. The van der Waals surface area contributed by atoms with Gasteiger partial charge in [-0.15, -0.1) is 0 Å². The molecule has 0 bridgehead atoms. The van der Waals surface area contributed by atoms with Crippen LogP contribution in [0.25, 0.3) is 0 Å². The maximum atomic E-state index is 8.44. The predicted octanol–water partition coefficient (Wildman–Crippen LogP) is 2.94. The van der Waals surface area contributed by atoms with Crippen molar-refractivity contribution in [3.05, 3.63) is 0 Å². The van der Waals surface area contributed by atoms with Crippen LogP contribution in [-0.2, 0) is 0 Å². The number of nitriles is 1. The van der Waals surface area contributed by atoms with Gasteiger partial charge in [-0.3, -0.25) is 4.90 Å². The number of piperidine rings is 1. The van der Waals surface area contributed by atoms with Gasteiger partial charge in [0, 0.05) is 18.5 Å². The van der Waals surface area contributed by atoms with Crippen molar-refractivity contribution >= 4 is 0 Å². The second kappa shape index (κ2) is 6.03. The van der Waals surface area contributed by atoms with Gasteiger partial charge in [0.1, 0.15) is 0 Å². The van der Waals surface area contributed by atoms with E-state index in [1.165, 1.54) is 32.2 Å². The number of unbranched alkanes of at least 4 members (excludes halogenated alkanes) is 2. The molecule has 0 aromatic carbocycles. The van der Waals surface area contributed by atoms with Crippen molar-refractivity contribution in [3.8, 4) is 6.07 Å². The Kier molecular flexibility index (Phi) is 4.97. The van der Waals surface area contributed by atoms with Crippen molar-refractivity contribution < 1.29 is 0 Å². The zero-order valence-corrected chi connectivity index (χ0v) is 9.50. The van der Waals surface area contributed by atoms with Gasteiger partial charge in [0.15, 0.2) is 0 Å². The number of nitrogens with zero attached hydrogens (tertiary/aromatic N) is 2. The molecule has 0 amide bonds. The fourth-order valence-electron chi connectivity index (χ4n) is 2.41. The van der Waals surface area contributed by atoms with Crippen LogP contribution >= 0.6 is 0 Å². The number of likely N-dealkylation sites (tertiary alicyclic amines) is 1. The second-order valence-corrected chi connectivity index (χ2v) is 4.48. The van der Waals surface area contributed by atoms with E-state index in [0.29, 0.717) is 0 Å². The molecule has 1 fully saturated rings. The highest BCUT2D eigenvalue weighted by molar-refractivity contribution is 4.79. The normalized spacial score (nSPS) is 28.6. The van der Waals surface area contributed by atoms with E-state index in [9.17, 15) is 0 Å². The zero-order valence-electron chi connectivity index (χ0n) is 9.50. The molecule has 0 aromatic heterocycles. The third-order valence-electron chi connectivity index (χ3n) is 3.33. The molecule has 0 unspecified atom stereocenters. The van der Waals surface area contributed by atoms with Crippen molar-refractivity contribution in [3.63, 3.8) is 0 Å². The summed E-state index contributed by atoms with van der Waals surface area (Å²) in [6, 6.07) is 3.71. The molecule has 80 valence electrons. The van der Waals surface area contributed by atoms with Crippen LogP contribution in [0.15, 0.2) is 0 Å². The van der Waals surface area contributed by atoms with Crippen LogP contribution in [-0.4, -0.2) is 23.5 Å². The Hall–Kier alpha value is -0.550. The molecule has 14 heavy (non-hydrogen) atoms. The first-order valence-electron chi connectivity index (χ1n) is 5.88. The molecule has 1 heterocycles. The third-order valence-corrected chi connectivity index (χ3v) is 3.33. The largest absolute Gasteiger partial charge is 0.298 e. The number of hydrogen-bond acceptors (Lipinski definition) is 2. The van der Waals surface area contributed by atoms with Crippen LogP contribution in [0.3, 0.4) is 0 Å². The van der Waals surface area contributed by atoms with Crippen molar-refractivity contribution in [2.24, 2.45) is 0 Å². The molecular weight excluding hydrogens is 172 g/mol. The molecule has 1 saturated heterocycles. The Morgan fingerprint density at radius 1 is 1.21 bits per heavy atom. The summed E-state index contributed by atoms with van der Waals surface area (Å²) in [6.45, 7) is 5.85. The highest BCUT2D eigenvalue weighted by Crippen LogP contribution is 2.22. The Labute approximate surface area is 87.9 Å². The van der Waals surface area contributed by atoms with Crippen LogP contribution in [0, 0.1) is 11.3 Å². The highest BCUT2D eigenvalue weighted by Gasteiger charge is 2.23. The molecule has 1 aliphatic heterocycles. The third kappa shape index (κ3) is 3.31. The van der Waals surface area contributed by atoms with E-state index >= 15 is 0 Å². The summed E-state index contributed by atoms with van der Waals surface area (Å²) in [5.41, 5.74) is 0. The fraction of sp³-hybridized carbons (Fsp3) is 0.917. The minimum Gasteiger partial charge on any atom is -0.298 e. The summed E-state index contributed by atoms with van der Waals surface area (Å²) in [5, 5.41) is 8.44. The molecule has 2 heteroatoms. The molecule has 0 N–H and O–H groups in total. The number of rotatable bonds is 4. The molecule has 0 aromatic rings. The first-order chi connectivity index (χ1) is 6.75. The van der Waals surface area contributed by atoms with Crippen LogP contribution < -0.4 is 0 Å². The standard InChI is InChI=1S/C12H22N2/c1-11-7-6-8-12(2)14(11)10-5-3-4-9-13/h11-12H,3-8,10H2,1-2H3/t11-,12+. The van der Waals surface area contributed by atoms with E-state index in [4.69, 9.17) is 5.26 Å². The van der Waals surface area contributed by atoms with Gasteiger partial charge in [0.2, 0.25) is 0 Å². The van der Waals surface area contributed by atoms with Crippen LogP contribution in [0.2, 0.25) is 0 Å². The minimum absolute atomic E-state index is 0.719. The summed E-state index contributed by atoms with van der Waals surface area (Å²) in [4.78, 5) is 2.61. The highest BCUT2D eigenvalue weighted by atomic mass is 15.2. The molecule has 0 aliphatic carbocycles. The lowest BCUT2D eigenvalue weighted by Gasteiger charge is -2.39. The van der Waals surface area contributed by atoms with Crippen LogP contribution in [0.4, 0.5) is 0 Å². The maximum absolute atomic E-state index is 8.44. The smallest absolute Gasteiger partial charge is 0.0621 e. The van der Waals surface area contributed by atoms with Crippen molar-refractivity contribution in [2.75, 3.05) is 6.54 Å². The summed E-state index contributed by atoms with van der Waals surface area (Å²) in [5.74, 6) is 0. The molecule has 0 saturated carbocycles. The monoisotopic (exact) mass is 194 g/mol. The Morgan fingerprint density at radius 3 is 2.43 bits per heavy atom. The van der Waals surface area contributed by atoms with E-state index in [-0.39, 0.29) is 0 Å². The predicted molar refractivity (Wildman–Crippen MR) is 58.9 cm³/mol. The summed E-state index contributed by atoms with van der Waals surface area (Å²) in [6.07, 6.45) is 7.05. The second-order valence-electron chi connectivity index (χ2n) is 4.48. The zero-order chi connectivity index (χ0) is 10.4. The number of hydrogen-bond donors (Lipinski definition) is 0. The SMILES string of the molecule is C[C@@H]1CCC[C@H](C)N1CCCCC#N. The average molecular weight is 194 g/mol. The van der Waals surface area contributed by atoms with Gasteiger partial charge < -0.3 is 0 Å².